The number of nitrogens with one attached hydrogen (secondary N) is 1. The first-order valence-electron chi connectivity index (χ1n) is 5.35. The van der Waals surface area contributed by atoms with Crippen molar-refractivity contribution in [3.8, 4) is 5.88 Å². The van der Waals surface area contributed by atoms with Crippen LogP contribution in [0, 0.1) is 0 Å². The summed E-state index contributed by atoms with van der Waals surface area (Å²) >= 11 is 0. The van der Waals surface area contributed by atoms with Crippen molar-refractivity contribution in [2.24, 2.45) is 0 Å². The molecule has 0 aromatic carbocycles. The van der Waals surface area contributed by atoms with E-state index in [1.54, 1.807) is 0 Å². The fourth-order valence-electron chi connectivity index (χ4n) is 1.88. The molecule has 6 heteroatoms. The zero-order valence-corrected chi connectivity index (χ0v) is 9.58. The zero-order chi connectivity index (χ0) is 11.8. The van der Waals surface area contributed by atoms with Crippen molar-refractivity contribution >= 4 is 11.8 Å². The summed E-state index contributed by atoms with van der Waals surface area (Å²) in [6.45, 7) is 5.72. The van der Waals surface area contributed by atoms with Gasteiger partial charge in [-0.15, -0.1) is 0 Å². The smallest absolute Gasteiger partial charge is 0.225 e. The third kappa shape index (κ3) is 1.88. The Labute approximate surface area is 94.4 Å². The van der Waals surface area contributed by atoms with E-state index in [-0.39, 0.29) is 11.5 Å². The lowest BCUT2D eigenvalue weighted by atomic mass is 10.00. The second-order valence-corrected chi connectivity index (χ2v) is 4.26. The van der Waals surface area contributed by atoms with Crippen LogP contribution in [0.1, 0.15) is 19.4 Å². The van der Waals surface area contributed by atoms with Gasteiger partial charge in [0.25, 0.3) is 0 Å². The molecule has 1 aromatic rings. The van der Waals surface area contributed by atoms with Gasteiger partial charge in [-0.1, -0.05) is 6.92 Å². The molecule has 1 atom stereocenters. The average Bonchev–Trinajstić information content (AvgIpc) is 2.53. The van der Waals surface area contributed by atoms with Gasteiger partial charge in [0, 0.05) is 13.0 Å². The molecule has 1 aromatic heterocycles. The lowest BCUT2D eigenvalue weighted by Gasteiger charge is -2.23. The Morgan fingerprint density at radius 1 is 1.44 bits per heavy atom. The molecule has 0 unspecified atom stereocenters. The second-order valence-electron chi connectivity index (χ2n) is 4.26. The lowest BCUT2D eigenvalue weighted by molar-refractivity contribution is 0.110. The van der Waals surface area contributed by atoms with E-state index in [9.17, 15) is 0 Å². The number of rotatable bonds is 3. The molecule has 0 saturated carbocycles. The van der Waals surface area contributed by atoms with E-state index in [0.717, 1.165) is 18.7 Å². The van der Waals surface area contributed by atoms with E-state index in [4.69, 9.17) is 16.2 Å². The summed E-state index contributed by atoms with van der Waals surface area (Å²) in [6.07, 6.45) is 0.710. The number of anilines is 2. The van der Waals surface area contributed by atoms with Gasteiger partial charge in [0.2, 0.25) is 11.8 Å². The predicted octanol–water partition coefficient (Wildman–Crippen LogP) is -0.0559. The first kappa shape index (κ1) is 10.9. The van der Waals surface area contributed by atoms with Crippen LogP contribution in [0.5, 0.6) is 5.88 Å². The zero-order valence-electron chi connectivity index (χ0n) is 9.58. The number of nitrogens with two attached hydrogens (primary N) is 2. The topological polar surface area (TPSA) is 99.1 Å². The minimum atomic E-state index is -0.311. The van der Waals surface area contributed by atoms with Gasteiger partial charge in [0.1, 0.15) is 11.4 Å². The molecule has 2 rings (SSSR count). The third-order valence-corrected chi connectivity index (χ3v) is 2.66. The van der Waals surface area contributed by atoms with Crippen LogP contribution in [0.2, 0.25) is 0 Å². The van der Waals surface area contributed by atoms with Crippen molar-refractivity contribution in [1.29, 1.82) is 0 Å². The highest BCUT2D eigenvalue weighted by molar-refractivity contribution is 5.52. The summed E-state index contributed by atoms with van der Waals surface area (Å²) in [5, 5.41) is 3.25. The molecular weight excluding hydrogens is 206 g/mol. The van der Waals surface area contributed by atoms with Crippen LogP contribution >= 0.6 is 0 Å². The lowest BCUT2D eigenvalue weighted by Crippen LogP contribution is -2.41. The molecule has 16 heavy (non-hydrogen) atoms. The fraction of sp³-hybridized carbons (Fsp3) is 0.600. The van der Waals surface area contributed by atoms with Crippen molar-refractivity contribution in [3.63, 3.8) is 0 Å². The highest BCUT2D eigenvalue weighted by atomic mass is 16.5. The van der Waals surface area contributed by atoms with E-state index in [0.29, 0.717) is 18.1 Å². The SMILES string of the molecule is CCNC[C@]1(C)Cc2c(N)nc(N)nc2O1. The van der Waals surface area contributed by atoms with Gasteiger partial charge in [-0.25, -0.2) is 0 Å². The molecule has 0 amide bonds. The molecule has 2 heterocycles. The number of hydrogen-bond donors (Lipinski definition) is 3. The Bertz CT molecular complexity index is 408. The highest BCUT2D eigenvalue weighted by Gasteiger charge is 2.37. The molecule has 0 bridgehead atoms. The number of hydrogen-bond acceptors (Lipinski definition) is 6. The molecule has 0 saturated heterocycles. The van der Waals surface area contributed by atoms with Crippen LogP contribution < -0.4 is 21.5 Å². The number of ether oxygens (including phenoxy) is 1. The molecule has 0 spiro atoms. The highest BCUT2D eigenvalue weighted by Crippen LogP contribution is 2.36. The van der Waals surface area contributed by atoms with E-state index < -0.39 is 0 Å². The Kier molecular flexibility index (Phi) is 2.59. The first-order chi connectivity index (χ1) is 7.54. The Morgan fingerprint density at radius 2 is 2.19 bits per heavy atom. The van der Waals surface area contributed by atoms with Gasteiger partial charge in [0.15, 0.2) is 0 Å². The molecule has 0 radical (unpaired) electrons. The molecular formula is C10H17N5O. The standard InChI is InChI=1S/C10H17N5O/c1-3-13-5-10(2)4-6-7(11)14-9(12)15-8(6)16-10/h13H,3-5H2,1-2H3,(H4,11,12,14,15)/t10-/m0/s1. The summed E-state index contributed by atoms with van der Waals surface area (Å²) in [7, 11) is 0. The maximum absolute atomic E-state index is 5.79. The van der Waals surface area contributed by atoms with Gasteiger partial charge < -0.3 is 21.5 Å². The van der Waals surface area contributed by atoms with Crippen molar-refractivity contribution in [2.75, 3.05) is 24.6 Å². The molecule has 0 fully saturated rings. The summed E-state index contributed by atoms with van der Waals surface area (Å²) in [5.41, 5.74) is 11.9. The van der Waals surface area contributed by atoms with Crippen LogP contribution in [-0.2, 0) is 6.42 Å². The predicted molar refractivity (Wildman–Crippen MR) is 62.1 cm³/mol. The molecule has 5 N–H and O–H groups in total. The van der Waals surface area contributed by atoms with Crippen LogP contribution in [0.4, 0.5) is 11.8 Å². The summed E-state index contributed by atoms with van der Waals surface area (Å²) in [6, 6.07) is 0. The van der Waals surface area contributed by atoms with Crippen LogP contribution in [-0.4, -0.2) is 28.7 Å². The van der Waals surface area contributed by atoms with Crippen LogP contribution in [0.3, 0.4) is 0 Å². The molecule has 1 aliphatic heterocycles. The van der Waals surface area contributed by atoms with E-state index in [2.05, 4.69) is 22.2 Å². The van der Waals surface area contributed by atoms with E-state index in [1.165, 1.54) is 0 Å². The van der Waals surface area contributed by atoms with E-state index >= 15 is 0 Å². The van der Waals surface area contributed by atoms with Crippen molar-refractivity contribution in [2.45, 2.75) is 25.9 Å². The largest absolute Gasteiger partial charge is 0.469 e. The number of nitrogens with zero attached hydrogens (tertiary/aromatic N) is 2. The molecule has 88 valence electrons. The van der Waals surface area contributed by atoms with Gasteiger partial charge in [-0.2, -0.15) is 9.97 Å². The summed E-state index contributed by atoms with van der Waals surface area (Å²) in [4.78, 5) is 7.99. The van der Waals surface area contributed by atoms with Gasteiger partial charge >= 0.3 is 0 Å². The Balaban J connectivity index is 2.23. The van der Waals surface area contributed by atoms with Gasteiger partial charge in [-0.3, -0.25) is 0 Å². The average molecular weight is 223 g/mol. The fourth-order valence-corrected chi connectivity index (χ4v) is 1.88. The molecule has 1 aliphatic rings. The summed E-state index contributed by atoms with van der Waals surface area (Å²) in [5.74, 6) is 1.09. The van der Waals surface area contributed by atoms with Crippen LogP contribution in [0.15, 0.2) is 0 Å². The number of likely N-dealkylation sites (N-methyl/N-ethyl adjacent to an activating group) is 1. The van der Waals surface area contributed by atoms with E-state index in [1.807, 2.05) is 6.92 Å². The van der Waals surface area contributed by atoms with Gasteiger partial charge in [-0.05, 0) is 13.5 Å². The normalized spacial score (nSPS) is 22.9. The minimum Gasteiger partial charge on any atom is -0.469 e. The maximum atomic E-state index is 5.79. The number of aromatic nitrogens is 2. The molecule has 0 aliphatic carbocycles. The van der Waals surface area contributed by atoms with Crippen molar-refractivity contribution in [1.82, 2.24) is 15.3 Å². The first-order valence-corrected chi connectivity index (χ1v) is 5.35. The number of fused-ring (bicyclic) bond motifs is 1. The summed E-state index contributed by atoms with van der Waals surface area (Å²) < 4.78 is 5.78. The van der Waals surface area contributed by atoms with Crippen LogP contribution in [0.25, 0.3) is 0 Å². The monoisotopic (exact) mass is 223 g/mol. The maximum Gasteiger partial charge on any atom is 0.225 e. The number of nitrogen functional groups attached to an aromatic ring is 2. The Hall–Kier alpha value is -1.56. The third-order valence-electron chi connectivity index (χ3n) is 2.66. The minimum absolute atomic E-state index is 0.156. The van der Waals surface area contributed by atoms with Gasteiger partial charge in [0.05, 0.1) is 5.56 Å². The second kappa shape index (κ2) is 3.79. The Morgan fingerprint density at radius 3 is 2.88 bits per heavy atom. The molecule has 6 nitrogen and oxygen atoms in total. The quantitative estimate of drug-likeness (QED) is 0.664. The van der Waals surface area contributed by atoms with Crippen molar-refractivity contribution in [3.05, 3.63) is 5.56 Å². The van der Waals surface area contributed by atoms with Crippen molar-refractivity contribution < 1.29 is 4.74 Å².